The fraction of sp³-hybridized carbons (Fsp3) is 0. The fourth-order valence-electron chi connectivity index (χ4n) is 0.948. The maximum atomic E-state index is 10.4. The molecule has 0 atom stereocenters. The first kappa shape index (κ1) is 11.3. The largest absolute Gasteiger partial charge is 0.477 e. The maximum Gasteiger partial charge on any atom is 0.341 e. The van der Waals surface area contributed by atoms with Gasteiger partial charge in [0.25, 0.3) is 5.69 Å². The van der Waals surface area contributed by atoms with Crippen molar-refractivity contribution >= 4 is 30.4 Å². The molecule has 6 heteroatoms. The maximum absolute atomic E-state index is 10.4. The highest BCUT2D eigenvalue weighted by Gasteiger charge is 2.06. The van der Waals surface area contributed by atoms with Crippen LogP contribution in [0.2, 0.25) is 0 Å². The Labute approximate surface area is 90.6 Å². The zero-order valence-corrected chi connectivity index (χ0v) is 8.35. The third-order valence-corrected chi connectivity index (χ3v) is 1.92. The fourth-order valence-corrected chi connectivity index (χ4v) is 1.10. The van der Waals surface area contributed by atoms with Crippen LogP contribution in [0.3, 0.4) is 0 Å². The van der Waals surface area contributed by atoms with Crippen molar-refractivity contribution in [3.05, 3.63) is 44.8 Å². The average Bonchev–Trinajstić information content (AvgIpc) is 2.18. The number of rotatable bonds is 3. The Bertz CT molecular complexity index is 441. The molecule has 78 valence electrons. The standard InChI is InChI=1S/C9H7NO4S/c11-9(12)8(15)5-6-2-1-3-7(4-6)10(13)14/h1-5,15H,(H,11,12)/b8-5-. The second-order valence-electron chi connectivity index (χ2n) is 2.69. The summed E-state index contributed by atoms with van der Waals surface area (Å²) in [7, 11) is 0. The van der Waals surface area contributed by atoms with Crippen molar-refractivity contribution in [1.29, 1.82) is 0 Å². The van der Waals surface area contributed by atoms with E-state index < -0.39 is 10.9 Å². The molecule has 0 spiro atoms. The van der Waals surface area contributed by atoms with Crippen LogP contribution in [-0.2, 0) is 4.79 Å². The number of nitrogens with zero attached hydrogens (tertiary/aromatic N) is 1. The average molecular weight is 225 g/mol. The van der Waals surface area contributed by atoms with Crippen LogP contribution in [0.15, 0.2) is 29.2 Å². The number of nitro benzene ring substituents is 1. The zero-order valence-electron chi connectivity index (χ0n) is 7.45. The van der Waals surface area contributed by atoms with E-state index in [2.05, 4.69) is 12.6 Å². The molecule has 0 radical (unpaired) electrons. The summed E-state index contributed by atoms with van der Waals surface area (Å²) in [6.45, 7) is 0. The summed E-state index contributed by atoms with van der Waals surface area (Å²) in [6, 6.07) is 5.65. The van der Waals surface area contributed by atoms with Crippen LogP contribution in [0.4, 0.5) is 5.69 Å². The van der Waals surface area contributed by atoms with Crippen LogP contribution in [0.25, 0.3) is 6.08 Å². The molecule has 5 nitrogen and oxygen atoms in total. The molecule has 0 unspecified atom stereocenters. The predicted molar refractivity (Wildman–Crippen MR) is 57.7 cm³/mol. The zero-order chi connectivity index (χ0) is 11.4. The SMILES string of the molecule is O=C(O)/C(S)=C/c1cccc([N+](=O)[O-])c1. The minimum atomic E-state index is -1.18. The van der Waals surface area contributed by atoms with Crippen LogP contribution in [0.5, 0.6) is 0 Å². The Morgan fingerprint density at radius 1 is 1.53 bits per heavy atom. The van der Waals surface area contributed by atoms with Gasteiger partial charge >= 0.3 is 5.97 Å². The van der Waals surface area contributed by atoms with Gasteiger partial charge in [0.2, 0.25) is 0 Å². The lowest BCUT2D eigenvalue weighted by Crippen LogP contribution is -1.93. The molecule has 0 fully saturated rings. The molecule has 1 aromatic rings. The van der Waals surface area contributed by atoms with E-state index in [0.717, 1.165) is 0 Å². The van der Waals surface area contributed by atoms with E-state index in [0.29, 0.717) is 5.56 Å². The van der Waals surface area contributed by atoms with Crippen molar-refractivity contribution in [3.8, 4) is 0 Å². The monoisotopic (exact) mass is 225 g/mol. The number of carboxylic acid groups (broad SMARTS) is 1. The molecule has 0 aromatic heterocycles. The van der Waals surface area contributed by atoms with E-state index in [4.69, 9.17) is 5.11 Å². The van der Waals surface area contributed by atoms with Gasteiger partial charge in [-0.25, -0.2) is 4.79 Å². The third kappa shape index (κ3) is 3.10. The van der Waals surface area contributed by atoms with Gasteiger partial charge in [-0.3, -0.25) is 10.1 Å². The van der Waals surface area contributed by atoms with Crippen molar-refractivity contribution in [2.45, 2.75) is 0 Å². The van der Waals surface area contributed by atoms with Crippen molar-refractivity contribution < 1.29 is 14.8 Å². The second kappa shape index (κ2) is 4.61. The minimum Gasteiger partial charge on any atom is -0.477 e. The number of hydrogen-bond acceptors (Lipinski definition) is 4. The smallest absolute Gasteiger partial charge is 0.341 e. The molecule has 0 saturated carbocycles. The molecule has 1 N–H and O–H groups in total. The van der Waals surface area contributed by atoms with Crippen molar-refractivity contribution in [2.24, 2.45) is 0 Å². The molecule has 15 heavy (non-hydrogen) atoms. The van der Waals surface area contributed by atoms with Gasteiger partial charge in [-0.05, 0) is 11.6 Å². The molecule has 0 amide bonds. The Morgan fingerprint density at radius 2 is 2.20 bits per heavy atom. The molecule has 1 rings (SSSR count). The number of thiol groups is 1. The van der Waals surface area contributed by atoms with Gasteiger partial charge in [-0.15, -0.1) is 12.6 Å². The Kier molecular flexibility index (Phi) is 3.46. The van der Waals surface area contributed by atoms with Gasteiger partial charge in [-0.2, -0.15) is 0 Å². The van der Waals surface area contributed by atoms with E-state index >= 15 is 0 Å². The predicted octanol–water partition coefficient (Wildman–Crippen LogP) is 1.95. The lowest BCUT2D eigenvalue weighted by atomic mass is 10.2. The first-order valence-corrected chi connectivity index (χ1v) is 4.34. The number of hydrogen-bond donors (Lipinski definition) is 2. The molecule has 0 aliphatic rings. The van der Waals surface area contributed by atoms with E-state index in [-0.39, 0.29) is 10.6 Å². The summed E-state index contributed by atoms with van der Waals surface area (Å²) < 4.78 is 0. The number of non-ortho nitro benzene ring substituents is 1. The first-order chi connectivity index (χ1) is 7.00. The molecule has 0 aliphatic heterocycles. The van der Waals surface area contributed by atoms with Gasteiger partial charge in [0, 0.05) is 12.1 Å². The molecule has 0 aliphatic carbocycles. The molecular weight excluding hydrogens is 218 g/mol. The van der Waals surface area contributed by atoms with Gasteiger partial charge < -0.3 is 5.11 Å². The van der Waals surface area contributed by atoms with Gasteiger partial charge in [0.05, 0.1) is 9.83 Å². The number of aliphatic carboxylic acids is 1. The second-order valence-corrected chi connectivity index (χ2v) is 3.17. The molecule has 1 aromatic carbocycles. The van der Waals surface area contributed by atoms with Gasteiger partial charge in [-0.1, -0.05) is 12.1 Å². The van der Waals surface area contributed by atoms with Crippen molar-refractivity contribution in [2.75, 3.05) is 0 Å². The number of carbonyl (C=O) groups is 1. The highest BCUT2D eigenvalue weighted by Crippen LogP contribution is 2.16. The summed E-state index contributed by atoms with van der Waals surface area (Å²) >= 11 is 3.71. The molecular formula is C9H7NO4S. The van der Waals surface area contributed by atoms with Crippen LogP contribution in [0, 0.1) is 10.1 Å². The number of nitro groups is 1. The molecule has 0 bridgehead atoms. The van der Waals surface area contributed by atoms with E-state index in [9.17, 15) is 14.9 Å². The van der Waals surface area contributed by atoms with Crippen LogP contribution in [0.1, 0.15) is 5.56 Å². The lowest BCUT2D eigenvalue weighted by Gasteiger charge is -1.95. The highest BCUT2D eigenvalue weighted by atomic mass is 32.1. The molecule has 0 heterocycles. The summed E-state index contributed by atoms with van der Waals surface area (Å²) in [6.07, 6.45) is 1.25. The minimum absolute atomic E-state index is 0.0877. The van der Waals surface area contributed by atoms with Crippen LogP contribution < -0.4 is 0 Å². The summed E-state index contributed by atoms with van der Waals surface area (Å²) in [5, 5.41) is 19.0. The van der Waals surface area contributed by atoms with E-state index in [1.54, 1.807) is 6.07 Å². The quantitative estimate of drug-likeness (QED) is 0.356. The Balaban J connectivity index is 3.06. The Hall–Kier alpha value is -1.82. The Morgan fingerprint density at radius 3 is 2.73 bits per heavy atom. The third-order valence-electron chi connectivity index (χ3n) is 1.60. The van der Waals surface area contributed by atoms with Gasteiger partial charge in [0.1, 0.15) is 0 Å². The molecule has 0 saturated heterocycles. The van der Waals surface area contributed by atoms with E-state index in [1.165, 1.54) is 24.3 Å². The number of carboxylic acids is 1. The number of benzene rings is 1. The van der Waals surface area contributed by atoms with Crippen LogP contribution in [-0.4, -0.2) is 16.0 Å². The first-order valence-electron chi connectivity index (χ1n) is 3.89. The highest BCUT2D eigenvalue weighted by molar-refractivity contribution is 7.85. The topological polar surface area (TPSA) is 80.4 Å². The van der Waals surface area contributed by atoms with E-state index in [1.807, 2.05) is 0 Å². The van der Waals surface area contributed by atoms with Crippen molar-refractivity contribution in [1.82, 2.24) is 0 Å². The van der Waals surface area contributed by atoms with Crippen molar-refractivity contribution in [3.63, 3.8) is 0 Å². The summed E-state index contributed by atoms with van der Waals surface area (Å²) in [4.78, 5) is 20.1. The normalized spacial score (nSPS) is 11.1. The van der Waals surface area contributed by atoms with Gasteiger partial charge in [0.15, 0.2) is 0 Å². The summed E-state index contributed by atoms with van der Waals surface area (Å²) in [5.41, 5.74) is 0.340. The lowest BCUT2D eigenvalue weighted by molar-refractivity contribution is -0.384. The summed E-state index contributed by atoms with van der Waals surface area (Å²) in [5.74, 6) is -1.18. The van der Waals surface area contributed by atoms with Crippen LogP contribution >= 0.6 is 12.6 Å².